The monoisotopic (exact) mass is 357 g/mol. The van der Waals surface area contributed by atoms with E-state index < -0.39 is 5.97 Å². The number of rotatable bonds is 7. The molecule has 108 valence electrons. The first-order valence-electron chi connectivity index (χ1n) is 6.44. The molecule has 1 aromatic carbocycles. The maximum atomic E-state index is 11.9. The number of hydrogen-bond acceptors (Lipinski definition) is 3. The molecule has 0 saturated heterocycles. The molecular weight excluding hydrogens is 342 g/mol. The first-order valence-corrected chi connectivity index (χ1v) is 8.22. The minimum Gasteiger partial charge on any atom is -0.481 e. The van der Waals surface area contributed by atoms with Crippen LogP contribution in [-0.4, -0.2) is 28.8 Å². The van der Waals surface area contributed by atoms with Crippen LogP contribution in [0.5, 0.6) is 0 Å². The molecule has 0 heterocycles. The van der Waals surface area contributed by atoms with Crippen molar-refractivity contribution in [2.45, 2.75) is 30.2 Å². The largest absolute Gasteiger partial charge is 0.481 e. The zero-order valence-corrected chi connectivity index (χ0v) is 13.2. The quantitative estimate of drug-likeness (QED) is 0.736. The fourth-order valence-corrected chi connectivity index (χ4v) is 2.92. The van der Waals surface area contributed by atoms with E-state index in [1.54, 1.807) is 0 Å². The van der Waals surface area contributed by atoms with Gasteiger partial charge in [-0.3, -0.25) is 9.59 Å². The summed E-state index contributed by atoms with van der Waals surface area (Å²) in [6, 6.07) is 7.52. The SMILES string of the molecule is O=C(O)CC(NC(=O)CSc1ccc(Br)cc1)C1CC1. The van der Waals surface area contributed by atoms with E-state index in [0.29, 0.717) is 11.7 Å². The number of thioether (sulfide) groups is 1. The Kier molecular flexibility index (Phi) is 5.48. The number of benzene rings is 1. The lowest BCUT2D eigenvalue weighted by Gasteiger charge is -2.16. The molecule has 1 fully saturated rings. The van der Waals surface area contributed by atoms with E-state index in [0.717, 1.165) is 22.2 Å². The Morgan fingerprint density at radius 3 is 2.55 bits per heavy atom. The molecule has 0 aromatic heterocycles. The minimum atomic E-state index is -0.859. The van der Waals surface area contributed by atoms with E-state index in [1.165, 1.54) is 11.8 Å². The number of carbonyl (C=O) groups excluding carboxylic acids is 1. The van der Waals surface area contributed by atoms with Gasteiger partial charge >= 0.3 is 5.97 Å². The van der Waals surface area contributed by atoms with Gasteiger partial charge in [0.2, 0.25) is 5.91 Å². The average Bonchev–Trinajstić information content (AvgIpc) is 3.21. The summed E-state index contributed by atoms with van der Waals surface area (Å²) >= 11 is 4.81. The van der Waals surface area contributed by atoms with Crippen molar-refractivity contribution in [1.29, 1.82) is 0 Å². The second-order valence-corrected chi connectivity index (χ2v) is 6.82. The second kappa shape index (κ2) is 7.13. The smallest absolute Gasteiger partial charge is 0.305 e. The molecule has 2 rings (SSSR count). The van der Waals surface area contributed by atoms with E-state index in [4.69, 9.17) is 5.11 Å². The fraction of sp³-hybridized carbons (Fsp3) is 0.429. The maximum Gasteiger partial charge on any atom is 0.305 e. The van der Waals surface area contributed by atoms with E-state index in [9.17, 15) is 9.59 Å². The van der Waals surface area contributed by atoms with Gasteiger partial charge in [-0.05, 0) is 43.0 Å². The summed E-state index contributed by atoms with van der Waals surface area (Å²) in [4.78, 5) is 23.7. The minimum absolute atomic E-state index is 0.0133. The Morgan fingerprint density at radius 2 is 2.00 bits per heavy atom. The van der Waals surface area contributed by atoms with Crippen LogP contribution in [0.3, 0.4) is 0 Å². The summed E-state index contributed by atoms with van der Waals surface area (Å²) in [6.07, 6.45) is 2.04. The number of carboxylic acid groups (broad SMARTS) is 1. The van der Waals surface area contributed by atoms with Crippen LogP contribution >= 0.6 is 27.7 Å². The van der Waals surface area contributed by atoms with Crippen molar-refractivity contribution in [2.75, 3.05) is 5.75 Å². The zero-order chi connectivity index (χ0) is 14.5. The van der Waals surface area contributed by atoms with Gasteiger partial charge in [0.25, 0.3) is 0 Å². The van der Waals surface area contributed by atoms with E-state index in [-0.39, 0.29) is 18.4 Å². The summed E-state index contributed by atoms with van der Waals surface area (Å²) in [5.74, 6) is -0.309. The van der Waals surface area contributed by atoms with Gasteiger partial charge in [-0.2, -0.15) is 0 Å². The van der Waals surface area contributed by atoms with Crippen LogP contribution in [0.2, 0.25) is 0 Å². The van der Waals surface area contributed by atoms with Crippen LogP contribution in [0.15, 0.2) is 33.6 Å². The molecule has 1 atom stereocenters. The van der Waals surface area contributed by atoms with Crippen LogP contribution in [0.25, 0.3) is 0 Å². The molecule has 20 heavy (non-hydrogen) atoms. The Hall–Kier alpha value is -1.01. The highest BCUT2D eigenvalue weighted by Crippen LogP contribution is 2.34. The molecule has 4 nitrogen and oxygen atoms in total. The molecule has 0 bridgehead atoms. The maximum absolute atomic E-state index is 11.9. The number of halogens is 1. The first-order chi connectivity index (χ1) is 9.54. The third-order valence-electron chi connectivity index (χ3n) is 3.12. The number of amides is 1. The summed E-state index contributed by atoms with van der Waals surface area (Å²) in [6.45, 7) is 0. The Labute approximate surface area is 130 Å². The molecule has 1 saturated carbocycles. The van der Waals surface area contributed by atoms with E-state index in [2.05, 4.69) is 21.2 Å². The molecule has 1 unspecified atom stereocenters. The normalized spacial score (nSPS) is 15.7. The number of carboxylic acids is 1. The summed E-state index contributed by atoms with van der Waals surface area (Å²) in [5, 5.41) is 11.7. The Balaban J connectivity index is 1.79. The van der Waals surface area contributed by atoms with Gasteiger partial charge in [-0.1, -0.05) is 15.9 Å². The van der Waals surface area contributed by atoms with Crippen molar-refractivity contribution in [3.63, 3.8) is 0 Å². The topological polar surface area (TPSA) is 66.4 Å². The predicted molar refractivity (Wildman–Crippen MR) is 81.8 cm³/mol. The standard InChI is InChI=1S/C14H16BrNO3S/c15-10-3-5-11(6-4-10)20-8-13(17)16-12(7-14(18)19)9-1-2-9/h3-6,9,12H,1-2,7-8H2,(H,16,17)(H,18,19). The summed E-state index contributed by atoms with van der Waals surface area (Å²) < 4.78 is 1.00. The molecule has 0 spiro atoms. The van der Waals surface area contributed by atoms with E-state index >= 15 is 0 Å². The van der Waals surface area contributed by atoms with Crippen LogP contribution in [-0.2, 0) is 9.59 Å². The molecule has 1 amide bonds. The molecule has 0 aliphatic heterocycles. The predicted octanol–water partition coefficient (Wildman–Crippen LogP) is 2.91. The van der Waals surface area contributed by atoms with Crippen molar-refractivity contribution in [3.05, 3.63) is 28.7 Å². The number of carbonyl (C=O) groups is 2. The second-order valence-electron chi connectivity index (χ2n) is 4.85. The van der Waals surface area contributed by atoms with Gasteiger partial charge in [0.1, 0.15) is 0 Å². The van der Waals surface area contributed by atoms with Gasteiger partial charge in [0.05, 0.1) is 12.2 Å². The lowest BCUT2D eigenvalue weighted by molar-refractivity contribution is -0.137. The van der Waals surface area contributed by atoms with Crippen molar-refractivity contribution in [1.82, 2.24) is 5.32 Å². The lowest BCUT2D eigenvalue weighted by Crippen LogP contribution is -2.39. The van der Waals surface area contributed by atoms with Crippen LogP contribution in [0.1, 0.15) is 19.3 Å². The summed E-state index contributed by atoms with van der Waals surface area (Å²) in [5.41, 5.74) is 0. The van der Waals surface area contributed by atoms with Crippen LogP contribution in [0, 0.1) is 5.92 Å². The molecule has 0 radical (unpaired) electrons. The molecular formula is C14H16BrNO3S. The fourth-order valence-electron chi connectivity index (χ4n) is 1.95. The first kappa shape index (κ1) is 15.4. The molecule has 6 heteroatoms. The molecule has 1 aliphatic rings. The Bertz CT molecular complexity index is 488. The van der Waals surface area contributed by atoms with Gasteiger partial charge in [0, 0.05) is 15.4 Å². The third kappa shape index (κ3) is 5.17. The highest BCUT2D eigenvalue weighted by atomic mass is 79.9. The highest BCUT2D eigenvalue weighted by molar-refractivity contribution is 9.10. The lowest BCUT2D eigenvalue weighted by atomic mass is 10.1. The van der Waals surface area contributed by atoms with Crippen LogP contribution in [0.4, 0.5) is 0 Å². The van der Waals surface area contributed by atoms with E-state index in [1.807, 2.05) is 24.3 Å². The molecule has 1 aliphatic carbocycles. The van der Waals surface area contributed by atoms with Crippen molar-refractivity contribution in [2.24, 2.45) is 5.92 Å². The third-order valence-corrected chi connectivity index (χ3v) is 4.66. The number of hydrogen-bond donors (Lipinski definition) is 2. The number of aliphatic carboxylic acids is 1. The van der Waals surface area contributed by atoms with Crippen molar-refractivity contribution < 1.29 is 14.7 Å². The van der Waals surface area contributed by atoms with Gasteiger partial charge < -0.3 is 10.4 Å². The summed E-state index contributed by atoms with van der Waals surface area (Å²) in [7, 11) is 0. The molecule has 1 aromatic rings. The Morgan fingerprint density at radius 1 is 1.35 bits per heavy atom. The number of nitrogens with one attached hydrogen (secondary N) is 1. The zero-order valence-electron chi connectivity index (χ0n) is 10.8. The van der Waals surface area contributed by atoms with Crippen LogP contribution < -0.4 is 5.32 Å². The highest BCUT2D eigenvalue weighted by Gasteiger charge is 2.33. The molecule has 2 N–H and O–H groups in total. The average molecular weight is 358 g/mol. The van der Waals surface area contributed by atoms with Gasteiger partial charge in [-0.15, -0.1) is 11.8 Å². The van der Waals surface area contributed by atoms with Gasteiger partial charge in [0.15, 0.2) is 0 Å². The van der Waals surface area contributed by atoms with Gasteiger partial charge in [-0.25, -0.2) is 0 Å². The van der Waals surface area contributed by atoms with Crippen molar-refractivity contribution in [3.8, 4) is 0 Å². The van der Waals surface area contributed by atoms with Crippen molar-refractivity contribution >= 4 is 39.6 Å².